The number of likely N-dealkylation sites (N-methyl/N-ethyl adjacent to an activating group) is 1. The van der Waals surface area contributed by atoms with Gasteiger partial charge in [0.2, 0.25) is 5.91 Å². The summed E-state index contributed by atoms with van der Waals surface area (Å²) in [7, 11) is 1.95. The first kappa shape index (κ1) is 18.5. The molecule has 146 valence electrons. The molecule has 0 radical (unpaired) electrons. The van der Waals surface area contributed by atoms with Crippen molar-refractivity contribution in [3.63, 3.8) is 0 Å². The summed E-state index contributed by atoms with van der Waals surface area (Å²) in [6, 6.07) is 6.07. The van der Waals surface area contributed by atoms with Crippen LogP contribution in [0.1, 0.15) is 50.1 Å². The van der Waals surface area contributed by atoms with Crippen LogP contribution in [0, 0.1) is 5.92 Å². The maximum absolute atomic E-state index is 12.5. The lowest BCUT2D eigenvalue weighted by molar-refractivity contribution is -0.127. The normalized spacial score (nSPS) is 26.1. The predicted octanol–water partition coefficient (Wildman–Crippen LogP) is 2.61. The Hall–Kier alpha value is -1.88. The number of rotatable bonds is 4. The molecule has 1 saturated heterocycles. The third-order valence-electron chi connectivity index (χ3n) is 6.65. The number of hydrogen-bond acceptors (Lipinski definition) is 3. The Balaban J connectivity index is 1.34. The summed E-state index contributed by atoms with van der Waals surface area (Å²) in [5.74, 6) is 1.10. The van der Waals surface area contributed by atoms with Gasteiger partial charge in [-0.3, -0.25) is 14.5 Å². The number of piperidine rings is 1. The molecule has 1 aromatic rings. The van der Waals surface area contributed by atoms with E-state index >= 15 is 0 Å². The summed E-state index contributed by atoms with van der Waals surface area (Å²) in [4.78, 5) is 28.9. The Kier molecular flexibility index (Phi) is 5.48. The molecule has 2 bridgehead atoms. The predicted molar refractivity (Wildman–Crippen MR) is 107 cm³/mol. The molecule has 0 N–H and O–H groups in total. The number of carbonyl (C=O) groups excluding carboxylic acids is 1. The Labute approximate surface area is 161 Å². The minimum absolute atomic E-state index is 0.131. The Morgan fingerprint density at radius 1 is 1.19 bits per heavy atom. The molecule has 2 unspecified atom stereocenters. The number of amides is 1. The van der Waals surface area contributed by atoms with E-state index in [9.17, 15) is 9.59 Å². The molecule has 0 spiro atoms. The fourth-order valence-electron chi connectivity index (χ4n) is 5.21. The largest absolute Gasteiger partial charge is 0.339 e. The van der Waals surface area contributed by atoms with Crippen LogP contribution in [0.5, 0.6) is 0 Å². The zero-order valence-corrected chi connectivity index (χ0v) is 16.3. The number of hydrogen-bond donors (Lipinski definition) is 0. The highest BCUT2D eigenvalue weighted by atomic mass is 16.2. The van der Waals surface area contributed by atoms with Gasteiger partial charge in [-0.25, -0.2) is 0 Å². The van der Waals surface area contributed by atoms with Gasteiger partial charge in [0.15, 0.2) is 0 Å². The highest BCUT2D eigenvalue weighted by Crippen LogP contribution is 2.34. The quantitative estimate of drug-likeness (QED) is 0.767. The van der Waals surface area contributed by atoms with Crippen molar-refractivity contribution in [2.24, 2.45) is 5.92 Å². The molecule has 4 rings (SSSR count). The van der Waals surface area contributed by atoms with E-state index in [0.717, 1.165) is 39.0 Å². The van der Waals surface area contributed by atoms with Crippen LogP contribution in [0.4, 0.5) is 0 Å². The van der Waals surface area contributed by atoms with Crippen molar-refractivity contribution in [2.45, 2.75) is 57.0 Å². The van der Waals surface area contributed by atoms with Gasteiger partial charge in [-0.05, 0) is 31.2 Å². The van der Waals surface area contributed by atoms with Crippen LogP contribution in [0.15, 0.2) is 35.1 Å². The van der Waals surface area contributed by atoms with Crippen molar-refractivity contribution < 1.29 is 4.79 Å². The van der Waals surface area contributed by atoms with Crippen molar-refractivity contribution in [2.75, 3.05) is 26.7 Å². The maximum atomic E-state index is 12.5. The zero-order valence-electron chi connectivity index (χ0n) is 16.3. The van der Waals surface area contributed by atoms with Crippen LogP contribution >= 0.6 is 0 Å². The van der Waals surface area contributed by atoms with E-state index in [0.29, 0.717) is 17.9 Å². The molecule has 3 heterocycles. The average Bonchev–Trinajstić information content (AvgIpc) is 2.69. The minimum atomic E-state index is 0.131. The van der Waals surface area contributed by atoms with Crippen molar-refractivity contribution in [3.05, 3.63) is 46.4 Å². The Morgan fingerprint density at radius 3 is 2.81 bits per heavy atom. The van der Waals surface area contributed by atoms with E-state index < -0.39 is 0 Å². The fraction of sp³-hybridized carbons (Fsp3) is 0.636. The van der Waals surface area contributed by atoms with Gasteiger partial charge < -0.3 is 9.47 Å². The number of carbonyl (C=O) groups is 1. The molecular formula is C22H31N3O2. The van der Waals surface area contributed by atoms with Crippen molar-refractivity contribution in [1.29, 1.82) is 0 Å². The van der Waals surface area contributed by atoms with Gasteiger partial charge in [-0.1, -0.05) is 31.4 Å². The molecule has 2 atom stereocenters. The van der Waals surface area contributed by atoms with Gasteiger partial charge in [-0.15, -0.1) is 0 Å². The second-order valence-corrected chi connectivity index (χ2v) is 8.56. The van der Waals surface area contributed by atoms with Crippen LogP contribution in [0.25, 0.3) is 0 Å². The second kappa shape index (κ2) is 8.01. The van der Waals surface area contributed by atoms with Gasteiger partial charge in [-0.2, -0.15) is 0 Å². The second-order valence-electron chi connectivity index (χ2n) is 8.56. The molecule has 3 aliphatic rings. The van der Waals surface area contributed by atoms with E-state index in [1.54, 1.807) is 12.1 Å². The number of aromatic nitrogens is 1. The highest BCUT2D eigenvalue weighted by molar-refractivity contribution is 5.87. The third-order valence-corrected chi connectivity index (χ3v) is 6.65. The van der Waals surface area contributed by atoms with Crippen LogP contribution in [0.3, 0.4) is 0 Å². The lowest BCUT2D eigenvalue weighted by Gasteiger charge is -2.42. The molecule has 1 aliphatic carbocycles. The van der Waals surface area contributed by atoms with E-state index in [1.807, 2.05) is 28.7 Å². The summed E-state index contributed by atoms with van der Waals surface area (Å²) in [5, 5.41) is 0. The molecule has 1 aromatic heterocycles. The first-order chi connectivity index (χ1) is 13.1. The lowest BCUT2D eigenvalue weighted by atomic mass is 9.83. The lowest BCUT2D eigenvalue weighted by Crippen LogP contribution is -2.47. The smallest absolute Gasteiger partial charge is 0.250 e. The van der Waals surface area contributed by atoms with Gasteiger partial charge >= 0.3 is 0 Å². The monoisotopic (exact) mass is 369 g/mol. The Bertz CT molecular complexity index is 763. The summed E-state index contributed by atoms with van der Waals surface area (Å²) < 4.78 is 1.97. The molecule has 5 nitrogen and oxygen atoms in total. The molecule has 1 saturated carbocycles. The number of nitrogens with zero attached hydrogens (tertiary/aromatic N) is 3. The van der Waals surface area contributed by atoms with Crippen molar-refractivity contribution in [3.8, 4) is 0 Å². The van der Waals surface area contributed by atoms with Crippen LogP contribution < -0.4 is 5.56 Å². The van der Waals surface area contributed by atoms with E-state index in [1.165, 1.54) is 31.4 Å². The number of pyridine rings is 1. The first-order valence-electron chi connectivity index (χ1n) is 10.5. The van der Waals surface area contributed by atoms with Gasteiger partial charge in [0, 0.05) is 63.0 Å². The van der Waals surface area contributed by atoms with Crippen LogP contribution in [0.2, 0.25) is 0 Å². The summed E-state index contributed by atoms with van der Waals surface area (Å²) in [6.07, 6.45) is 11.0. The van der Waals surface area contributed by atoms with E-state index in [-0.39, 0.29) is 11.5 Å². The van der Waals surface area contributed by atoms with Gasteiger partial charge in [0.1, 0.15) is 0 Å². The molecule has 5 heteroatoms. The number of likely N-dealkylation sites (tertiary alicyclic amines) is 1. The fourth-order valence-corrected chi connectivity index (χ4v) is 5.21. The first-order valence-corrected chi connectivity index (χ1v) is 10.5. The molecule has 27 heavy (non-hydrogen) atoms. The molecule has 1 amide bonds. The molecule has 2 fully saturated rings. The zero-order chi connectivity index (χ0) is 18.8. The minimum Gasteiger partial charge on any atom is -0.339 e. The van der Waals surface area contributed by atoms with E-state index in [2.05, 4.69) is 11.0 Å². The molecular weight excluding hydrogens is 338 g/mol. The average molecular weight is 370 g/mol. The van der Waals surface area contributed by atoms with E-state index in [4.69, 9.17) is 0 Å². The molecule has 0 aromatic carbocycles. The topological polar surface area (TPSA) is 45.6 Å². The van der Waals surface area contributed by atoms with Crippen LogP contribution in [-0.2, 0) is 11.3 Å². The Morgan fingerprint density at radius 2 is 2.00 bits per heavy atom. The van der Waals surface area contributed by atoms with Gasteiger partial charge in [0.25, 0.3) is 5.56 Å². The SMILES string of the molecule is CN(C(=O)C=CCN1CC2CC(C1)c1cccc(=O)n1C2)C1CCCCC1. The maximum Gasteiger partial charge on any atom is 0.250 e. The van der Waals surface area contributed by atoms with Crippen molar-refractivity contribution in [1.82, 2.24) is 14.4 Å². The van der Waals surface area contributed by atoms with Crippen molar-refractivity contribution >= 4 is 5.91 Å². The molecule has 2 aliphatic heterocycles. The standard InChI is InChI=1S/C22H31N3O2/c1-23(19-7-3-2-4-8-19)21(26)11-6-12-24-14-17-13-18(16-24)20-9-5-10-22(27)25(20)15-17/h5-6,9-11,17-19H,2-4,7-8,12-16H2,1H3. The van der Waals surface area contributed by atoms with Crippen LogP contribution in [-0.4, -0.2) is 53.0 Å². The van der Waals surface area contributed by atoms with Gasteiger partial charge in [0.05, 0.1) is 0 Å². The summed E-state index contributed by atoms with van der Waals surface area (Å²) >= 11 is 0. The summed E-state index contributed by atoms with van der Waals surface area (Å²) in [6.45, 7) is 3.62. The summed E-state index contributed by atoms with van der Waals surface area (Å²) in [5.41, 5.74) is 1.31. The third kappa shape index (κ3) is 4.03. The number of fused-ring (bicyclic) bond motifs is 4. The highest BCUT2D eigenvalue weighted by Gasteiger charge is 2.33.